The third-order valence-corrected chi connectivity index (χ3v) is 4.66. The van der Waals surface area contributed by atoms with E-state index >= 15 is 0 Å². The third-order valence-electron chi connectivity index (χ3n) is 4.66. The fraction of sp³-hybridized carbons (Fsp3) is 0.160. The highest BCUT2D eigenvalue weighted by Crippen LogP contribution is 2.17. The second-order valence-electron chi connectivity index (χ2n) is 7.13. The minimum Gasteiger partial charge on any atom is -0.488 e. The molecule has 0 fully saturated rings. The number of anilines is 1. The molecule has 0 heterocycles. The number of carbonyl (C=O) groups excluding carboxylic acids is 2. The number of nitrogens with zero attached hydrogens (tertiary/aromatic N) is 1. The minimum atomic E-state index is -0.500. The van der Waals surface area contributed by atoms with Crippen LogP contribution in [-0.4, -0.2) is 18.0 Å². The lowest BCUT2D eigenvalue weighted by Gasteiger charge is -2.09. The van der Waals surface area contributed by atoms with Crippen molar-refractivity contribution in [3.8, 4) is 5.75 Å². The SMILES string of the molecule is Cc1ccc(NC(=O)CC(=O)NN=Cc2ccccc2OCc2ccccc2)cc1C. The molecule has 0 aliphatic carbocycles. The number of para-hydroxylation sites is 1. The van der Waals surface area contributed by atoms with Crippen molar-refractivity contribution in [3.63, 3.8) is 0 Å². The number of hydrazone groups is 1. The molecule has 0 bridgehead atoms. The van der Waals surface area contributed by atoms with Crippen molar-refractivity contribution < 1.29 is 14.3 Å². The Morgan fingerprint density at radius 1 is 0.903 bits per heavy atom. The molecule has 2 N–H and O–H groups in total. The molecule has 6 heteroatoms. The molecule has 2 amide bonds. The van der Waals surface area contributed by atoms with Crippen LogP contribution in [0.5, 0.6) is 5.75 Å². The maximum absolute atomic E-state index is 12.1. The summed E-state index contributed by atoms with van der Waals surface area (Å²) in [5.74, 6) is -0.250. The van der Waals surface area contributed by atoms with Gasteiger partial charge in [0.25, 0.3) is 0 Å². The van der Waals surface area contributed by atoms with Crippen LogP contribution in [0.4, 0.5) is 5.69 Å². The average Bonchev–Trinajstić information content (AvgIpc) is 2.76. The molecule has 0 unspecified atom stereocenters. The van der Waals surface area contributed by atoms with E-state index in [0.717, 1.165) is 22.3 Å². The fourth-order valence-corrected chi connectivity index (χ4v) is 2.84. The standard InChI is InChI=1S/C25H25N3O3/c1-18-12-13-22(14-19(18)2)27-24(29)15-25(30)28-26-16-21-10-6-7-11-23(21)31-17-20-8-4-3-5-9-20/h3-14,16H,15,17H2,1-2H3,(H,27,29)(H,28,30). The van der Waals surface area contributed by atoms with Gasteiger partial charge >= 0.3 is 0 Å². The van der Waals surface area contributed by atoms with Gasteiger partial charge < -0.3 is 10.1 Å². The monoisotopic (exact) mass is 415 g/mol. The van der Waals surface area contributed by atoms with Gasteiger partial charge in [0.05, 0.1) is 6.21 Å². The quantitative estimate of drug-likeness (QED) is 0.326. The Kier molecular flexibility index (Phi) is 7.54. The van der Waals surface area contributed by atoms with E-state index in [2.05, 4.69) is 15.8 Å². The molecule has 0 aliphatic rings. The van der Waals surface area contributed by atoms with E-state index in [1.165, 1.54) is 6.21 Å². The summed E-state index contributed by atoms with van der Waals surface area (Å²) in [7, 11) is 0. The Bertz CT molecular complexity index is 1080. The zero-order valence-corrected chi connectivity index (χ0v) is 17.6. The molecule has 3 aromatic rings. The first kappa shape index (κ1) is 21.8. The second kappa shape index (κ2) is 10.7. The molecule has 3 rings (SSSR count). The van der Waals surface area contributed by atoms with Crippen molar-refractivity contribution in [2.45, 2.75) is 26.9 Å². The highest BCUT2D eigenvalue weighted by atomic mass is 16.5. The first-order chi connectivity index (χ1) is 15.0. The zero-order chi connectivity index (χ0) is 22.1. The van der Waals surface area contributed by atoms with Gasteiger partial charge in [-0.2, -0.15) is 5.10 Å². The fourth-order valence-electron chi connectivity index (χ4n) is 2.84. The maximum Gasteiger partial charge on any atom is 0.249 e. The number of hydrogen-bond donors (Lipinski definition) is 2. The van der Waals surface area contributed by atoms with Gasteiger partial charge in [0.1, 0.15) is 18.8 Å². The predicted molar refractivity (Wildman–Crippen MR) is 122 cm³/mol. The van der Waals surface area contributed by atoms with Crippen LogP contribution in [0.2, 0.25) is 0 Å². The number of amides is 2. The van der Waals surface area contributed by atoms with Gasteiger partial charge in [-0.1, -0.05) is 48.5 Å². The Hall–Kier alpha value is -3.93. The zero-order valence-electron chi connectivity index (χ0n) is 17.6. The van der Waals surface area contributed by atoms with Gasteiger partial charge in [-0.05, 0) is 54.8 Å². The van der Waals surface area contributed by atoms with Crippen molar-refractivity contribution >= 4 is 23.7 Å². The van der Waals surface area contributed by atoms with E-state index in [1.54, 1.807) is 0 Å². The van der Waals surface area contributed by atoms with Crippen LogP contribution in [0.1, 0.15) is 28.7 Å². The lowest BCUT2D eigenvalue weighted by molar-refractivity contribution is -0.126. The van der Waals surface area contributed by atoms with Crippen molar-refractivity contribution in [1.29, 1.82) is 0 Å². The van der Waals surface area contributed by atoms with E-state index in [4.69, 9.17) is 4.74 Å². The second-order valence-corrected chi connectivity index (χ2v) is 7.13. The van der Waals surface area contributed by atoms with Crippen LogP contribution in [0.3, 0.4) is 0 Å². The summed E-state index contributed by atoms with van der Waals surface area (Å²) in [6, 6.07) is 22.8. The van der Waals surface area contributed by atoms with Gasteiger partial charge in [-0.15, -0.1) is 0 Å². The summed E-state index contributed by atoms with van der Waals surface area (Å²) in [6.45, 7) is 4.39. The summed E-state index contributed by atoms with van der Waals surface area (Å²) in [5.41, 5.74) is 7.02. The van der Waals surface area contributed by atoms with Crippen LogP contribution in [0, 0.1) is 13.8 Å². The van der Waals surface area contributed by atoms with Crippen LogP contribution in [-0.2, 0) is 16.2 Å². The van der Waals surface area contributed by atoms with Gasteiger partial charge in [0.2, 0.25) is 11.8 Å². The first-order valence-corrected chi connectivity index (χ1v) is 9.96. The topological polar surface area (TPSA) is 79.8 Å². The normalized spacial score (nSPS) is 10.6. The molecule has 158 valence electrons. The van der Waals surface area contributed by atoms with E-state index in [1.807, 2.05) is 86.6 Å². The van der Waals surface area contributed by atoms with Crippen molar-refractivity contribution in [2.75, 3.05) is 5.32 Å². The van der Waals surface area contributed by atoms with Gasteiger partial charge in [0, 0.05) is 11.3 Å². The molecule has 0 saturated heterocycles. The smallest absolute Gasteiger partial charge is 0.249 e. The number of rotatable bonds is 8. The number of benzene rings is 3. The predicted octanol–water partition coefficient (Wildman–Crippen LogP) is 4.36. The molecule has 0 atom stereocenters. The largest absolute Gasteiger partial charge is 0.488 e. The Morgan fingerprint density at radius 3 is 2.42 bits per heavy atom. The van der Waals surface area contributed by atoms with E-state index in [-0.39, 0.29) is 6.42 Å². The third kappa shape index (κ3) is 6.82. The van der Waals surface area contributed by atoms with Crippen molar-refractivity contribution in [1.82, 2.24) is 5.43 Å². The molecule has 0 spiro atoms. The summed E-state index contributed by atoms with van der Waals surface area (Å²) in [4.78, 5) is 24.1. The van der Waals surface area contributed by atoms with E-state index in [0.29, 0.717) is 18.0 Å². The summed E-state index contributed by atoms with van der Waals surface area (Å²) >= 11 is 0. The lowest BCUT2D eigenvalue weighted by Crippen LogP contribution is -2.24. The Labute approximate surface area is 182 Å². The first-order valence-electron chi connectivity index (χ1n) is 9.96. The molecule has 0 aromatic heterocycles. The Balaban J connectivity index is 1.51. The van der Waals surface area contributed by atoms with E-state index < -0.39 is 11.8 Å². The molecular weight excluding hydrogens is 390 g/mol. The van der Waals surface area contributed by atoms with Crippen LogP contribution in [0.25, 0.3) is 0 Å². The maximum atomic E-state index is 12.1. The molecule has 0 radical (unpaired) electrons. The number of hydrogen-bond acceptors (Lipinski definition) is 4. The number of nitrogens with one attached hydrogen (secondary N) is 2. The average molecular weight is 415 g/mol. The van der Waals surface area contributed by atoms with Gasteiger partial charge in [-0.3, -0.25) is 9.59 Å². The van der Waals surface area contributed by atoms with Gasteiger partial charge in [-0.25, -0.2) is 5.43 Å². The summed E-state index contributed by atoms with van der Waals surface area (Å²) < 4.78 is 5.86. The number of carbonyl (C=O) groups is 2. The molecule has 0 saturated carbocycles. The number of aryl methyl sites for hydroxylation is 2. The highest BCUT2D eigenvalue weighted by Gasteiger charge is 2.09. The molecule has 6 nitrogen and oxygen atoms in total. The van der Waals surface area contributed by atoms with Crippen molar-refractivity contribution in [2.24, 2.45) is 5.10 Å². The number of ether oxygens (including phenoxy) is 1. The highest BCUT2D eigenvalue weighted by molar-refractivity contribution is 6.03. The van der Waals surface area contributed by atoms with Gasteiger partial charge in [0.15, 0.2) is 0 Å². The minimum absolute atomic E-state index is 0.323. The van der Waals surface area contributed by atoms with E-state index in [9.17, 15) is 9.59 Å². The summed E-state index contributed by atoms with van der Waals surface area (Å²) in [5, 5.41) is 6.68. The lowest BCUT2D eigenvalue weighted by atomic mass is 10.1. The van der Waals surface area contributed by atoms with Crippen molar-refractivity contribution in [3.05, 3.63) is 95.1 Å². The molecular formula is C25H25N3O3. The molecule has 3 aromatic carbocycles. The van der Waals surface area contributed by atoms with Crippen LogP contribution >= 0.6 is 0 Å². The Morgan fingerprint density at radius 2 is 1.65 bits per heavy atom. The van der Waals surface area contributed by atoms with Crippen LogP contribution in [0.15, 0.2) is 77.9 Å². The molecule has 0 aliphatic heterocycles. The molecule has 31 heavy (non-hydrogen) atoms. The summed E-state index contributed by atoms with van der Waals surface area (Å²) in [6.07, 6.45) is 1.18. The van der Waals surface area contributed by atoms with Crippen LogP contribution < -0.4 is 15.5 Å².